The van der Waals surface area contributed by atoms with Gasteiger partial charge in [-0.15, -0.1) is 0 Å². The van der Waals surface area contributed by atoms with Crippen LogP contribution in [0.15, 0.2) is 24.3 Å². The highest BCUT2D eigenvalue weighted by Crippen LogP contribution is 2.09. The summed E-state index contributed by atoms with van der Waals surface area (Å²) in [4.78, 5) is 10.3. The van der Waals surface area contributed by atoms with Crippen LogP contribution in [-0.4, -0.2) is 22.3 Å². The van der Waals surface area contributed by atoms with Gasteiger partial charge in [-0.2, -0.15) is 0 Å². The Bertz CT molecular complexity index is 319. The van der Waals surface area contributed by atoms with Crippen molar-refractivity contribution in [3.8, 4) is 0 Å². The van der Waals surface area contributed by atoms with Gasteiger partial charge in [-0.3, -0.25) is 4.79 Å². The average molecular weight is 325 g/mol. The van der Waals surface area contributed by atoms with Gasteiger partial charge in [-0.25, -0.2) is 0 Å². The molecule has 0 aromatic heterocycles. The number of aliphatic carboxylic acids is 1. The van der Waals surface area contributed by atoms with Crippen molar-refractivity contribution >= 4 is 5.97 Å². The predicted octanol–water partition coefficient (Wildman–Crippen LogP) is 5.64. The lowest BCUT2D eigenvalue weighted by atomic mass is 10.1. The van der Waals surface area contributed by atoms with E-state index in [0.29, 0.717) is 0 Å². The number of aliphatic hydroxyl groups is 1. The number of unbranched alkanes of at least 4 members (excludes halogenated alkanes) is 8. The van der Waals surface area contributed by atoms with E-state index >= 15 is 0 Å². The van der Waals surface area contributed by atoms with Gasteiger partial charge in [0.1, 0.15) is 0 Å². The van der Waals surface area contributed by atoms with Gasteiger partial charge in [0.25, 0.3) is 0 Å². The summed E-state index contributed by atoms with van der Waals surface area (Å²) >= 11 is 0. The fraction of sp³-hybridized carbons (Fsp3) is 0.750. The van der Waals surface area contributed by atoms with Crippen LogP contribution in [0.2, 0.25) is 0 Å². The predicted molar refractivity (Wildman–Crippen MR) is 97.6 cm³/mol. The van der Waals surface area contributed by atoms with E-state index in [2.05, 4.69) is 24.3 Å². The normalized spacial score (nSPS) is 13.1. The second-order valence-corrected chi connectivity index (χ2v) is 6.35. The summed E-state index contributed by atoms with van der Waals surface area (Å²) < 4.78 is 0. The Morgan fingerprint density at radius 3 is 1.70 bits per heavy atom. The Morgan fingerprint density at radius 1 is 0.783 bits per heavy atom. The fourth-order valence-corrected chi connectivity index (χ4v) is 2.43. The zero-order valence-electron chi connectivity index (χ0n) is 14.9. The Hall–Kier alpha value is -1.09. The van der Waals surface area contributed by atoms with Crippen molar-refractivity contribution in [2.45, 2.75) is 96.5 Å². The molecule has 0 aromatic rings. The number of aliphatic hydroxyl groups excluding tert-OH is 1. The third-order valence-electron chi connectivity index (χ3n) is 3.83. The number of carboxylic acid groups (broad SMARTS) is 1. The van der Waals surface area contributed by atoms with E-state index < -0.39 is 5.97 Å². The number of allylic oxidation sites excluding steroid dienone is 4. The molecule has 2 N–H and O–H groups in total. The second-order valence-electron chi connectivity index (χ2n) is 6.35. The van der Waals surface area contributed by atoms with Crippen molar-refractivity contribution in [3.63, 3.8) is 0 Å². The van der Waals surface area contributed by atoms with E-state index in [1.54, 1.807) is 0 Å². The van der Waals surface area contributed by atoms with Gasteiger partial charge in [0.2, 0.25) is 0 Å². The fourth-order valence-electron chi connectivity index (χ4n) is 2.43. The highest BCUT2D eigenvalue weighted by Gasteiger charge is 1.94. The van der Waals surface area contributed by atoms with E-state index in [0.717, 1.165) is 38.5 Å². The van der Waals surface area contributed by atoms with Crippen LogP contribution in [0.5, 0.6) is 0 Å². The molecule has 0 unspecified atom stereocenters. The molecule has 0 radical (unpaired) electrons. The summed E-state index contributed by atoms with van der Waals surface area (Å²) in [6.45, 7) is 1.85. The Kier molecular flexibility index (Phi) is 16.4. The van der Waals surface area contributed by atoms with Crippen molar-refractivity contribution in [2.75, 3.05) is 0 Å². The maximum Gasteiger partial charge on any atom is 0.303 e. The molecule has 0 fully saturated rings. The summed E-state index contributed by atoms with van der Waals surface area (Å²) in [5.74, 6) is -0.701. The first kappa shape index (κ1) is 21.9. The van der Waals surface area contributed by atoms with Crippen molar-refractivity contribution in [3.05, 3.63) is 24.3 Å². The molecule has 0 spiro atoms. The van der Waals surface area contributed by atoms with Crippen molar-refractivity contribution in [1.29, 1.82) is 0 Å². The van der Waals surface area contributed by atoms with Crippen LogP contribution in [0.1, 0.15) is 90.4 Å². The highest BCUT2D eigenvalue weighted by molar-refractivity contribution is 5.66. The third kappa shape index (κ3) is 20.9. The molecule has 0 amide bonds. The molecular weight excluding hydrogens is 288 g/mol. The maximum absolute atomic E-state index is 10.3. The molecule has 3 nitrogen and oxygen atoms in total. The van der Waals surface area contributed by atoms with E-state index in [1.165, 1.54) is 38.5 Å². The number of hydrogen-bond acceptors (Lipinski definition) is 2. The molecular formula is C20H36O3. The molecule has 0 bridgehead atoms. The monoisotopic (exact) mass is 324 g/mol. The summed E-state index contributed by atoms with van der Waals surface area (Å²) in [6.07, 6.45) is 22.4. The van der Waals surface area contributed by atoms with Crippen molar-refractivity contribution in [2.24, 2.45) is 0 Å². The van der Waals surface area contributed by atoms with Crippen LogP contribution < -0.4 is 0 Å². The van der Waals surface area contributed by atoms with E-state index in [9.17, 15) is 4.79 Å². The SMILES string of the molecule is C[C@@H](O)CCC/C=C\CCCCCCC/C=C\CCCC(=O)O. The van der Waals surface area contributed by atoms with Crippen molar-refractivity contribution in [1.82, 2.24) is 0 Å². The lowest BCUT2D eigenvalue weighted by Gasteiger charge is -2.00. The maximum atomic E-state index is 10.3. The summed E-state index contributed by atoms with van der Waals surface area (Å²) in [5.41, 5.74) is 0. The molecule has 23 heavy (non-hydrogen) atoms. The molecule has 0 aromatic carbocycles. The Morgan fingerprint density at radius 2 is 1.22 bits per heavy atom. The summed E-state index contributed by atoms with van der Waals surface area (Å²) in [6, 6.07) is 0. The zero-order valence-corrected chi connectivity index (χ0v) is 14.9. The minimum absolute atomic E-state index is 0.164. The van der Waals surface area contributed by atoms with Gasteiger partial charge in [0.15, 0.2) is 0 Å². The molecule has 0 aliphatic rings. The van der Waals surface area contributed by atoms with Crippen LogP contribution in [0.3, 0.4) is 0 Å². The lowest BCUT2D eigenvalue weighted by Crippen LogP contribution is -1.97. The smallest absolute Gasteiger partial charge is 0.303 e. The lowest BCUT2D eigenvalue weighted by molar-refractivity contribution is -0.137. The third-order valence-corrected chi connectivity index (χ3v) is 3.83. The Labute approximate surface area is 142 Å². The molecule has 0 saturated heterocycles. The quantitative estimate of drug-likeness (QED) is 0.285. The molecule has 0 aliphatic carbocycles. The molecule has 0 heterocycles. The second kappa shape index (κ2) is 17.3. The minimum Gasteiger partial charge on any atom is -0.481 e. The molecule has 3 heteroatoms. The molecule has 0 rings (SSSR count). The van der Waals surface area contributed by atoms with Gasteiger partial charge in [0.05, 0.1) is 6.10 Å². The number of carboxylic acids is 1. The van der Waals surface area contributed by atoms with Crippen LogP contribution in [0.4, 0.5) is 0 Å². The van der Waals surface area contributed by atoms with Gasteiger partial charge in [0, 0.05) is 6.42 Å². The first-order valence-corrected chi connectivity index (χ1v) is 9.32. The van der Waals surface area contributed by atoms with Crippen LogP contribution in [0, 0.1) is 0 Å². The summed E-state index contributed by atoms with van der Waals surface area (Å²) in [5, 5.41) is 17.6. The van der Waals surface area contributed by atoms with E-state index in [1.807, 2.05) is 6.92 Å². The Balaban J connectivity index is 3.17. The van der Waals surface area contributed by atoms with Crippen molar-refractivity contribution < 1.29 is 15.0 Å². The largest absolute Gasteiger partial charge is 0.481 e. The molecule has 0 aliphatic heterocycles. The zero-order chi connectivity index (χ0) is 17.2. The molecule has 0 saturated carbocycles. The first-order chi connectivity index (χ1) is 11.1. The number of rotatable bonds is 16. The van der Waals surface area contributed by atoms with Crippen LogP contribution >= 0.6 is 0 Å². The standard InChI is InChI=1S/C20H36O3/c1-19(21)17-15-13-11-9-7-5-3-2-4-6-8-10-12-14-16-18-20(22)23/h9-12,19,21H,2-8,13-18H2,1H3,(H,22,23)/b11-9-,12-10-/t19-/m1/s1. The minimum atomic E-state index is -0.701. The van der Waals surface area contributed by atoms with Gasteiger partial charge < -0.3 is 10.2 Å². The first-order valence-electron chi connectivity index (χ1n) is 9.32. The highest BCUT2D eigenvalue weighted by atomic mass is 16.4. The average Bonchev–Trinajstić information content (AvgIpc) is 2.49. The van der Waals surface area contributed by atoms with Gasteiger partial charge >= 0.3 is 5.97 Å². The molecule has 134 valence electrons. The van der Waals surface area contributed by atoms with Gasteiger partial charge in [-0.05, 0) is 64.7 Å². The number of carbonyl (C=O) groups is 1. The van der Waals surface area contributed by atoms with E-state index in [-0.39, 0.29) is 12.5 Å². The molecule has 1 atom stereocenters. The summed E-state index contributed by atoms with van der Waals surface area (Å²) in [7, 11) is 0. The van der Waals surface area contributed by atoms with E-state index in [4.69, 9.17) is 10.2 Å². The van der Waals surface area contributed by atoms with Gasteiger partial charge in [-0.1, -0.05) is 43.6 Å². The van der Waals surface area contributed by atoms with Crippen LogP contribution in [0.25, 0.3) is 0 Å². The van der Waals surface area contributed by atoms with Crippen LogP contribution in [-0.2, 0) is 4.79 Å². The topological polar surface area (TPSA) is 57.5 Å². The number of hydrogen-bond donors (Lipinski definition) is 2.